The summed E-state index contributed by atoms with van der Waals surface area (Å²) in [5.41, 5.74) is 41.4. The Kier molecular flexibility index (Phi) is 25.8. The Hall–Kier alpha value is -13.9. The molecule has 14 aromatic carbocycles. The maximum Gasteiger partial charge on any atom is 3.00 e. The molecule has 0 aliphatic heterocycles. The Balaban J connectivity index is 0.00000608. The standard InChI is InChI=1S/C124H98N6.2Ir/c1-121(2,3)99-61-65-125-115(75-99)87-49-37-81(38-50-87)103-25-13-19-31-109(103)93-69-94(110-32-20-14-26-104(110)82-39-51-88(52-40-82)116-76-100(62-66-126-116)122(4,5)6)72-97(71-93)113-35-23-17-29-107(113)85-45-57-91(58-46-85)119-79-120(130-80-129-119)92-59-47-86(48-60-92)108-30-18-24-36-114(108)98-73-95(111-33-21-15-27-105(111)83-41-53-89(54-42-83)117-77-101(63-67-127-117)123(7,8)9)70-96(74-98)112-34-22-16-28-106(112)84-43-55-90(56-44-84)118-78-102(64-68-128-118)124(10,11)12;;/h13-49,51,53,55,57,59,61-80H,1-12H3;;/q-6;2*+3. The zero-order chi connectivity index (χ0) is 89.4. The summed E-state index contributed by atoms with van der Waals surface area (Å²) in [6, 6.07) is 146. The predicted molar refractivity (Wildman–Crippen MR) is 539 cm³/mol. The average Bonchev–Trinajstić information content (AvgIpc) is 0.767. The summed E-state index contributed by atoms with van der Waals surface area (Å²) in [6.07, 6.45) is 9.27. The van der Waals surface area contributed by atoms with Gasteiger partial charge in [0, 0.05) is 24.8 Å². The van der Waals surface area contributed by atoms with E-state index in [0.717, 1.165) is 201 Å². The monoisotopic (exact) mass is 2060 g/mol. The molecule has 0 saturated heterocycles. The van der Waals surface area contributed by atoms with Crippen LogP contribution in [0.25, 0.3) is 201 Å². The molecule has 0 aliphatic rings. The molecule has 132 heavy (non-hydrogen) atoms. The first-order valence-corrected chi connectivity index (χ1v) is 44.6. The third-order valence-electron chi connectivity index (χ3n) is 24.9. The summed E-state index contributed by atoms with van der Waals surface area (Å²) < 4.78 is 0. The molecule has 5 heterocycles. The van der Waals surface area contributed by atoms with Crippen molar-refractivity contribution < 1.29 is 40.2 Å². The zero-order valence-electron chi connectivity index (χ0n) is 76.1. The number of benzene rings is 14. The molecule has 0 fully saturated rings. The fourth-order valence-corrected chi connectivity index (χ4v) is 17.4. The normalized spacial score (nSPS) is 11.7. The van der Waals surface area contributed by atoms with Gasteiger partial charge in [-0.2, -0.15) is 0 Å². The van der Waals surface area contributed by atoms with E-state index >= 15 is 0 Å². The SMILES string of the molecule is CC(C)(C)c1ccnc(-c2[c-]cc(-c3ccccc3-c3cc(-c4ccccc4-c4c[c-]c(-c5cc(C(C)(C)C)ccn5)cc4)cc(-c4ccccc4-c4c[c-]c(-c5cc(-c6[c-]cc(-c7ccccc7-c7cc(-c8ccccc8-c8c[c-]c(-c9cc(C(C)(C)C)ccn9)cc8)cc(-c8ccccc8-c8c[c-]c(-c9cc(C(C)(C)C)ccn9)cc8)c7)cc6)ncn5)cc4)c3)cc2)c1.[Ir+3].[Ir+3]. The van der Waals surface area contributed by atoms with Gasteiger partial charge in [0.25, 0.3) is 0 Å². The second-order valence-corrected chi connectivity index (χ2v) is 37.8. The maximum absolute atomic E-state index is 4.88. The van der Waals surface area contributed by atoms with Gasteiger partial charge in [-0.3, -0.25) is 9.97 Å². The summed E-state index contributed by atoms with van der Waals surface area (Å²) in [4.78, 5) is 29.0. The van der Waals surface area contributed by atoms with Crippen LogP contribution in [0.15, 0.2) is 377 Å². The molecular formula is C124H98Ir2N6. The molecule has 6 nitrogen and oxygen atoms in total. The first-order chi connectivity index (χ1) is 62.9. The summed E-state index contributed by atoms with van der Waals surface area (Å²) in [6.45, 7) is 26.8. The van der Waals surface area contributed by atoms with Crippen LogP contribution in [0.5, 0.6) is 0 Å². The number of rotatable bonds is 18. The molecule has 0 N–H and O–H groups in total. The Morgan fingerprint density at radius 3 is 0.477 bits per heavy atom. The smallest absolute Gasteiger partial charge is 0.305 e. The number of hydrogen-bond acceptors (Lipinski definition) is 6. The van der Waals surface area contributed by atoms with Gasteiger partial charge in [-0.25, -0.2) is 0 Å². The van der Waals surface area contributed by atoms with E-state index in [-0.39, 0.29) is 61.9 Å². The Morgan fingerprint density at radius 2 is 0.326 bits per heavy atom. The van der Waals surface area contributed by atoms with Gasteiger partial charge in [-0.15, -0.1) is 179 Å². The Labute approximate surface area is 805 Å². The van der Waals surface area contributed by atoms with E-state index < -0.39 is 0 Å². The van der Waals surface area contributed by atoms with E-state index in [1.807, 2.05) is 30.9 Å². The van der Waals surface area contributed by atoms with Gasteiger partial charge in [0.2, 0.25) is 0 Å². The fourth-order valence-electron chi connectivity index (χ4n) is 17.4. The van der Waals surface area contributed by atoms with Crippen molar-refractivity contribution in [1.29, 1.82) is 0 Å². The third kappa shape index (κ3) is 19.3. The van der Waals surface area contributed by atoms with Crippen LogP contribution in [-0.2, 0) is 61.9 Å². The number of hydrogen-bond donors (Lipinski definition) is 0. The quantitative estimate of drug-likeness (QED) is 0.0797. The minimum atomic E-state index is -0.0174. The van der Waals surface area contributed by atoms with Gasteiger partial charge in [0.05, 0.1) is 6.33 Å². The number of pyridine rings is 4. The maximum atomic E-state index is 4.88. The van der Waals surface area contributed by atoms with Crippen LogP contribution in [-0.4, -0.2) is 29.9 Å². The van der Waals surface area contributed by atoms with Gasteiger partial charge < -0.3 is 19.9 Å². The molecular weight excluding hydrogens is 1960 g/mol. The van der Waals surface area contributed by atoms with E-state index in [2.05, 4.69) is 459 Å². The fraction of sp³-hybridized carbons (Fsp3) is 0.129. The van der Waals surface area contributed by atoms with Gasteiger partial charge in [0.15, 0.2) is 0 Å². The number of aromatic nitrogens is 6. The van der Waals surface area contributed by atoms with Crippen molar-refractivity contribution in [2.24, 2.45) is 0 Å². The molecule has 19 rings (SSSR count). The van der Waals surface area contributed by atoms with Crippen LogP contribution in [0.3, 0.4) is 0 Å². The first-order valence-electron chi connectivity index (χ1n) is 44.6. The van der Waals surface area contributed by atoms with Crippen LogP contribution in [0.4, 0.5) is 0 Å². The van der Waals surface area contributed by atoms with Gasteiger partial charge >= 0.3 is 40.2 Å². The van der Waals surface area contributed by atoms with Gasteiger partial charge in [-0.05, 0) is 206 Å². The van der Waals surface area contributed by atoms with Crippen LogP contribution in [0, 0.1) is 36.4 Å². The minimum Gasteiger partial charge on any atom is -0.305 e. The van der Waals surface area contributed by atoms with Crippen LogP contribution >= 0.6 is 0 Å². The van der Waals surface area contributed by atoms with Crippen molar-refractivity contribution in [2.45, 2.75) is 105 Å². The molecule has 19 aromatic rings. The molecule has 0 unspecified atom stereocenters. The summed E-state index contributed by atoms with van der Waals surface area (Å²) >= 11 is 0. The van der Waals surface area contributed by atoms with Crippen molar-refractivity contribution in [1.82, 2.24) is 29.9 Å². The van der Waals surface area contributed by atoms with E-state index in [1.165, 1.54) is 22.3 Å². The molecule has 8 heteroatoms. The average molecular weight is 2060 g/mol. The zero-order valence-corrected chi connectivity index (χ0v) is 80.9. The molecule has 0 aliphatic carbocycles. The second-order valence-electron chi connectivity index (χ2n) is 37.8. The van der Waals surface area contributed by atoms with E-state index in [4.69, 9.17) is 29.9 Å². The molecule has 642 valence electrons. The van der Waals surface area contributed by atoms with Crippen LogP contribution < -0.4 is 0 Å². The molecule has 0 amide bonds. The molecule has 0 atom stereocenters. The Morgan fingerprint density at radius 1 is 0.167 bits per heavy atom. The van der Waals surface area contributed by atoms with Crippen LogP contribution in [0.2, 0.25) is 0 Å². The summed E-state index contributed by atoms with van der Waals surface area (Å²) in [5.74, 6) is 0. The van der Waals surface area contributed by atoms with Crippen molar-refractivity contribution in [2.75, 3.05) is 0 Å². The van der Waals surface area contributed by atoms with Crippen LogP contribution in [0.1, 0.15) is 105 Å². The molecule has 0 radical (unpaired) electrons. The van der Waals surface area contributed by atoms with Gasteiger partial charge in [-0.1, -0.05) is 326 Å². The second kappa shape index (κ2) is 37.9. The van der Waals surface area contributed by atoms with Crippen molar-refractivity contribution in [3.05, 3.63) is 436 Å². The van der Waals surface area contributed by atoms with Crippen molar-refractivity contribution >= 4 is 0 Å². The topological polar surface area (TPSA) is 77.3 Å². The number of nitrogens with zero attached hydrogens (tertiary/aromatic N) is 6. The van der Waals surface area contributed by atoms with Crippen molar-refractivity contribution in [3.8, 4) is 201 Å². The minimum absolute atomic E-state index is 0. The van der Waals surface area contributed by atoms with E-state index in [1.54, 1.807) is 6.33 Å². The third-order valence-corrected chi connectivity index (χ3v) is 24.9. The molecule has 0 spiro atoms. The molecule has 5 aromatic heterocycles. The molecule has 0 bridgehead atoms. The van der Waals surface area contributed by atoms with E-state index in [0.29, 0.717) is 0 Å². The predicted octanol–water partition coefficient (Wildman–Crippen LogP) is 32.0. The van der Waals surface area contributed by atoms with E-state index in [9.17, 15) is 0 Å². The van der Waals surface area contributed by atoms with Gasteiger partial charge in [0.1, 0.15) is 0 Å². The van der Waals surface area contributed by atoms with Crippen molar-refractivity contribution in [3.63, 3.8) is 0 Å². The largest absolute Gasteiger partial charge is 3.00 e. The Bertz CT molecular complexity index is 6630. The molecule has 0 saturated carbocycles. The summed E-state index contributed by atoms with van der Waals surface area (Å²) in [7, 11) is 0. The summed E-state index contributed by atoms with van der Waals surface area (Å²) in [5, 5.41) is 0. The first kappa shape index (κ1) is 90.0.